The van der Waals surface area contributed by atoms with E-state index in [0.29, 0.717) is 31.5 Å². The SMILES string of the molecule is CCOC(=O)COc1cc(F)c2c(c1)C(=O)OC21CCNCC1. The lowest BCUT2D eigenvalue weighted by atomic mass is 9.84. The average molecular weight is 323 g/mol. The van der Waals surface area contributed by atoms with Crippen LogP contribution in [-0.2, 0) is 19.9 Å². The molecule has 0 atom stereocenters. The fourth-order valence-corrected chi connectivity index (χ4v) is 3.10. The van der Waals surface area contributed by atoms with Crippen LogP contribution in [0, 0.1) is 5.82 Å². The molecule has 0 aliphatic carbocycles. The van der Waals surface area contributed by atoms with E-state index in [4.69, 9.17) is 14.2 Å². The molecule has 2 heterocycles. The highest BCUT2D eigenvalue weighted by molar-refractivity contribution is 5.95. The van der Waals surface area contributed by atoms with E-state index >= 15 is 0 Å². The molecule has 1 saturated heterocycles. The molecule has 3 rings (SSSR count). The van der Waals surface area contributed by atoms with Crippen LogP contribution in [0.3, 0.4) is 0 Å². The van der Waals surface area contributed by atoms with E-state index in [9.17, 15) is 14.0 Å². The van der Waals surface area contributed by atoms with Gasteiger partial charge < -0.3 is 19.5 Å². The number of benzene rings is 1. The first-order valence-electron chi connectivity index (χ1n) is 7.62. The zero-order valence-electron chi connectivity index (χ0n) is 12.8. The van der Waals surface area contributed by atoms with Gasteiger partial charge in [-0.2, -0.15) is 0 Å². The van der Waals surface area contributed by atoms with Gasteiger partial charge in [-0.15, -0.1) is 0 Å². The Morgan fingerprint density at radius 3 is 2.83 bits per heavy atom. The van der Waals surface area contributed by atoms with Gasteiger partial charge >= 0.3 is 11.9 Å². The van der Waals surface area contributed by atoms with E-state index in [-0.39, 0.29) is 24.5 Å². The Hall–Kier alpha value is -2.15. The summed E-state index contributed by atoms with van der Waals surface area (Å²) in [5, 5.41) is 3.17. The summed E-state index contributed by atoms with van der Waals surface area (Å²) >= 11 is 0. The largest absolute Gasteiger partial charge is 0.482 e. The van der Waals surface area contributed by atoms with E-state index in [2.05, 4.69) is 5.32 Å². The Morgan fingerprint density at radius 2 is 2.13 bits per heavy atom. The van der Waals surface area contributed by atoms with Crippen molar-refractivity contribution in [2.45, 2.75) is 25.4 Å². The molecular formula is C16H18FNO5. The van der Waals surface area contributed by atoms with E-state index in [0.717, 1.165) is 0 Å². The standard InChI is InChI=1S/C16H18FNO5/c1-2-21-13(19)9-22-10-7-11-14(12(17)8-10)16(23-15(11)20)3-5-18-6-4-16/h7-8,18H,2-6,9H2,1H3. The monoisotopic (exact) mass is 323 g/mol. The third kappa shape index (κ3) is 2.88. The van der Waals surface area contributed by atoms with Crippen LogP contribution in [0.25, 0.3) is 0 Å². The van der Waals surface area contributed by atoms with E-state index in [1.807, 2.05) is 0 Å². The lowest BCUT2D eigenvalue weighted by molar-refractivity contribution is -0.145. The molecule has 1 fully saturated rings. The maximum Gasteiger partial charge on any atom is 0.344 e. The summed E-state index contributed by atoms with van der Waals surface area (Å²) in [7, 11) is 0. The Bertz CT molecular complexity index is 640. The molecule has 1 N–H and O–H groups in total. The molecule has 0 aromatic heterocycles. The number of hydrogen-bond donors (Lipinski definition) is 1. The first-order chi connectivity index (χ1) is 11.1. The number of carbonyl (C=O) groups excluding carboxylic acids is 2. The van der Waals surface area contributed by atoms with Crippen molar-refractivity contribution in [2.24, 2.45) is 0 Å². The van der Waals surface area contributed by atoms with Gasteiger partial charge in [-0.1, -0.05) is 0 Å². The van der Waals surface area contributed by atoms with Crippen LogP contribution in [0.4, 0.5) is 4.39 Å². The molecule has 0 unspecified atom stereocenters. The van der Waals surface area contributed by atoms with Crippen molar-refractivity contribution in [3.63, 3.8) is 0 Å². The highest BCUT2D eigenvalue weighted by atomic mass is 19.1. The minimum Gasteiger partial charge on any atom is -0.482 e. The van der Waals surface area contributed by atoms with Crippen molar-refractivity contribution in [3.8, 4) is 5.75 Å². The number of fused-ring (bicyclic) bond motifs is 2. The van der Waals surface area contributed by atoms with Crippen LogP contribution in [0.15, 0.2) is 12.1 Å². The van der Waals surface area contributed by atoms with Crippen molar-refractivity contribution in [1.29, 1.82) is 0 Å². The van der Waals surface area contributed by atoms with Gasteiger partial charge in [0.25, 0.3) is 0 Å². The van der Waals surface area contributed by atoms with Crippen molar-refractivity contribution in [3.05, 3.63) is 29.1 Å². The minimum absolute atomic E-state index is 0.109. The van der Waals surface area contributed by atoms with Crippen molar-refractivity contribution < 1.29 is 28.2 Å². The lowest BCUT2D eigenvalue weighted by Crippen LogP contribution is -2.40. The van der Waals surface area contributed by atoms with Crippen LogP contribution in [0.2, 0.25) is 0 Å². The van der Waals surface area contributed by atoms with Gasteiger partial charge in [0.2, 0.25) is 0 Å². The summed E-state index contributed by atoms with van der Waals surface area (Å²) in [6.45, 7) is 2.90. The third-order valence-electron chi connectivity index (χ3n) is 4.10. The average Bonchev–Trinajstić information content (AvgIpc) is 2.79. The van der Waals surface area contributed by atoms with Gasteiger partial charge in [0.05, 0.1) is 12.2 Å². The Labute approximate surface area is 132 Å². The van der Waals surface area contributed by atoms with E-state index in [1.165, 1.54) is 12.1 Å². The minimum atomic E-state index is -0.887. The van der Waals surface area contributed by atoms with Crippen LogP contribution in [0.1, 0.15) is 35.7 Å². The summed E-state index contributed by atoms with van der Waals surface area (Å²) in [5.74, 6) is -1.54. The fraction of sp³-hybridized carbons (Fsp3) is 0.500. The molecule has 1 spiro atoms. The summed E-state index contributed by atoms with van der Waals surface area (Å²) in [4.78, 5) is 23.4. The Kier molecular flexibility index (Phi) is 4.21. The number of halogens is 1. The normalized spacial score (nSPS) is 18.4. The fourth-order valence-electron chi connectivity index (χ4n) is 3.10. The van der Waals surface area contributed by atoms with E-state index < -0.39 is 23.4 Å². The molecule has 0 bridgehead atoms. The molecule has 0 amide bonds. The predicted molar refractivity (Wildman–Crippen MR) is 77.7 cm³/mol. The molecule has 2 aliphatic heterocycles. The molecule has 6 nitrogen and oxygen atoms in total. The first kappa shape index (κ1) is 15.7. The quantitative estimate of drug-likeness (QED) is 0.847. The number of rotatable bonds is 4. The molecule has 1 aromatic rings. The number of piperidine rings is 1. The Balaban J connectivity index is 1.86. The number of carbonyl (C=O) groups is 2. The van der Waals surface area contributed by atoms with Crippen molar-refractivity contribution >= 4 is 11.9 Å². The summed E-state index contributed by atoms with van der Waals surface area (Å²) < 4.78 is 30.0. The predicted octanol–water partition coefficient (Wildman–Crippen LogP) is 1.52. The van der Waals surface area contributed by atoms with Crippen molar-refractivity contribution in [1.82, 2.24) is 5.32 Å². The second kappa shape index (κ2) is 6.16. The summed E-state index contributed by atoms with van der Waals surface area (Å²) in [6, 6.07) is 2.61. The Morgan fingerprint density at radius 1 is 1.39 bits per heavy atom. The molecule has 7 heteroatoms. The second-order valence-electron chi connectivity index (χ2n) is 5.56. The maximum absolute atomic E-state index is 14.6. The number of nitrogens with one attached hydrogen (secondary N) is 1. The van der Waals surface area contributed by atoms with Gasteiger partial charge in [-0.3, -0.25) is 0 Å². The number of esters is 2. The third-order valence-corrected chi connectivity index (χ3v) is 4.10. The molecular weight excluding hydrogens is 305 g/mol. The molecule has 0 saturated carbocycles. The van der Waals surface area contributed by atoms with Crippen molar-refractivity contribution in [2.75, 3.05) is 26.3 Å². The summed E-state index contributed by atoms with van der Waals surface area (Å²) in [5.41, 5.74) is -0.417. The molecule has 1 aromatic carbocycles. The van der Waals surface area contributed by atoms with E-state index in [1.54, 1.807) is 6.92 Å². The lowest BCUT2D eigenvalue weighted by Gasteiger charge is -2.33. The van der Waals surface area contributed by atoms with Gasteiger partial charge in [0, 0.05) is 24.5 Å². The zero-order valence-corrected chi connectivity index (χ0v) is 12.8. The van der Waals surface area contributed by atoms with Gasteiger partial charge in [0.1, 0.15) is 17.2 Å². The molecule has 0 radical (unpaired) electrons. The van der Waals surface area contributed by atoms with Gasteiger partial charge in [-0.05, 0) is 26.1 Å². The second-order valence-corrected chi connectivity index (χ2v) is 5.56. The van der Waals surface area contributed by atoms with Crippen LogP contribution >= 0.6 is 0 Å². The maximum atomic E-state index is 14.6. The zero-order chi connectivity index (χ0) is 16.4. The van der Waals surface area contributed by atoms with Crippen LogP contribution in [-0.4, -0.2) is 38.2 Å². The first-order valence-corrected chi connectivity index (χ1v) is 7.62. The number of ether oxygens (including phenoxy) is 3. The smallest absolute Gasteiger partial charge is 0.344 e. The summed E-state index contributed by atoms with van der Waals surface area (Å²) in [6.07, 6.45) is 1.07. The van der Waals surface area contributed by atoms with Gasteiger partial charge in [-0.25, -0.2) is 14.0 Å². The molecule has 2 aliphatic rings. The molecule has 124 valence electrons. The van der Waals surface area contributed by atoms with Crippen LogP contribution in [0.5, 0.6) is 5.75 Å². The van der Waals surface area contributed by atoms with Gasteiger partial charge in [0.15, 0.2) is 6.61 Å². The highest BCUT2D eigenvalue weighted by Crippen LogP contribution is 2.45. The van der Waals surface area contributed by atoms with Crippen LogP contribution < -0.4 is 10.1 Å². The topological polar surface area (TPSA) is 73.9 Å². The highest BCUT2D eigenvalue weighted by Gasteiger charge is 2.48. The number of hydrogen-bond acceptors (Lipinski definition) is 6. The molecule has 23 heavy (non-hydrogen) atoms.